The summed E-state index contributed by atoms with van der Waals surface area (Å²) in [5, 5.41) is 7.04. The molecule has 0 N–H and O–H groups in total. The molecule has 0 unspecified atom stereocenters. The van der Waals surface area contributed by atoms with E-state index < -0.39 is 23.3 Å². The van der Waals surface area contributed by atoms with Crippen molar-refractivity contribution in [2.45, 2.75) is 18.4 Å². The van der Waals surface area contributed by atoms with Crippen molar-refractivity contribution in [1.82, 2.24) is 5.12 Å². The largest absolute Gasteiger partial charge is 0.464 e. The molecule has 24 heavy (non-hydrogen) atoms. The van der Waals surface area contributed by atoms with Crippen LogP contribution in [0.15, 0.2) is 34.7 Å². The molecule has 3 rings (SSSR count). The summed E-state index contributed by atoms with van der Waals surface area (Å²) in [6, 6.07) is 6.77. The third-order valence-electron chi connectivity index (χ3n) is 3.94. The van der Waals surface area contributed by atoms with Crippen LogP contribution in [0.1, 0.15) is 12.8 Å². The number of methoxy groups -OCH3 is 1. The minimum absolute atomic E-state index is 0.122. The highest BCUT2D eigenvalue weighted by atomic mass is 127. The lowest BCUT2D eigenvalue weighted by Crippen LogP contribution is -2.48. The number of amides is 2. The summed E-state index contributed by atoms with van der Waals surface area (Å²) in [6.45, 7) is 0. The lowest BCUT2D eigenvalue weighted by molar-refractivity contribution is -0.132. The number of anilines is 1. The summed E-state index contributed by atoms with van der Waals surface area (Å²) in [7, 11) is 1.16. The summed E-state index contributed by atoms with van der Waals surface area (Å²) >= 11 is 2.10. The van der Waals surface area contributed by atoms with Crippen LogP contribution < -0.4 is 4.90 Å². The standard InChI is InChI=1S/C14H11IN4O5/c1-24-12(21)10-6-14(19(16-10)17-23)7-11(20)18(13(14)22)9-4-2-8(15)3-5-9/h2-5H,6-7H2,1H3/t14-/m0/s1. The molecular weight excluding hydrogens is 431 g/mol. The van der Waals surface area contributed by atoms with E-state index in [-0.39, 0.29) is 18.6 Å². The van der Waals surface area contributed by atoms with E-state index in [1.807, 2.05) is 0 Å². The van der Waals surface area contributed by atoms with E-state index in [0.29, 0.717) is 10.8 Å². The van der Waals surface area contributed by atoms with Crippen molar-refractivity contribution in [2.24, 2.45) is 10.4 Å². The number of hydrogen-bond acceptors (Lipinski definition) is 7. The number of hydrazone groups is 1. The van der Waals surface area contributed by atoms with Crippen LogP contribution in [0.3, 0.4) is 0 Å². The Morgan fingerprint density at radius 3 is 2.54 bits per heavy atom. The Hall–Kier alpha value is -2.37. The first-order valence-corrected chi connectivity index (χ1v) is 7.93. The van der Waals surface area contributed by atoms with Crippen molar-refractivity contribution in [2.75, 3.05) is 12.0 Å². The number of benzene rings is 1. The molecule has 2 aliphatic rings. The predicted molar refractivity (Wildman–Crippen MR) is 90.7 cm³/mol. The Morgan fingerprint density at radius 1 is 1.29 bits per heavy atom. The highest BCUT2D eigenvalue weighted by Crippen LogP contribution is 2.40. The number of esters is 1. The van der Waals surface area contributed by atoms with Gasteiger partial charge in [-0.25, -0.2) is 9.69 Å². The number of nitroso groups, excluding NO2 is 1. The molecule has 1 aromatic carbocycles. The minimum Gasteiger partial charge on any atom is -0.464 e. The Labute approximate surface area is 149 Å². The van der Waals surface area contributed by atoms with Crippen LogP contribution in [-0.2, 0) is 19.1 Å². The predicted octanol–water partition coefficient (Wildman–Crippen LogP) is 1.21. The van der Waals surface area contributed by atoms with E-state index in [4.69, 9.17) is 0 Å². The minimum atomic E-state index is -1.61. The highest BCUT2D eigenvalue weighted by molar-refractivity contribution is 14.1. The van der Waals surface area contributed by atoms with Crippen LogP contribution in [-0.4, -0.2) is 41.3 Å². The molecule has 0 aromatic heterocycles. The Kier molecular flexibility index (Phi) is 4.07. The zero-order valence-electron chi connectivity index (χ0n) is 12.4. The molecule has 0 radical (unpaired) electrons. The molecule has 2 amide bonds. The van der Waals surface area contributed by atoms with E-state index in [1.165, 1.54) is 0 Å². The molecule has 124 valence electrons. The topological polar surface area (TPSA) is 109 Å². The van der Waals surface area contributed by atoms with Crippen LogP contribution in [0.2, 0.25) is 0 Å². The van der Waals surface area contributed by atoms with Crippen LogP contribution in [0, 0.1) is 8.48 Å². The van der Waals surface area contributed by atoms with Crippen molar-refractivity contribution in [3.05, 3.63) is 32.7 Å². The van der Waals surface area contributed by atoms with Gasteiger partial charge < -0.3 is 4.74 Å². The van der Waals surface area contributed by atoms with Gasteiger partial charge in [-0.05, 0) is 46.9 Å². The van der Waals surface area contributed by atoms with Gasteiger partial charge in [0.05, 0.1) is 24.5 Å². The molecule has 2 aliphatic heterocycles. The lowest BCUT2D eigenvalue weighted by Gasteiger charge is -2.24. The molecule has 1 atom stereocenters. The fourth-order valence-corrected chi connectivity index (χ4v) is 3.15. The van der Waals surface area contributed by atoms with Crippen LogP contribution >= 0.6 is 22.6 Å². The van der Waals surface area contributed by atoms with Gasteiger partial charge in [0.25, 0.3) is 5.91 Å². The van der Waals surface area contributed by atoms with E-state index in [1.54, 1.807) is 24.3 Å². The molecule has 10 heteroatoms. The second-order valence-electron chi connectivity index (χ2n) is 5.31. The van der Waals surface area contributed by atoms with Crippen LogP contribution in [0.4, 0.5) is 5.69 Å². The Bertz CT molecular complexity index is 778. The molecule has 0 aliphatic carbocycles. The Balaban J connectivity index is 1.97. The zero-order valence-corrected chi connectivity index (χ0v) is 14.6. The molecule has 0 bridgehead atoms. The number of imide groups is 1. The maximum Gasteiger partial charge on any atom is 0.354 e. The van der Waals surface area contributed by atoms with Gasteiger partial charge in [-0.3, -0.25) is 9.59 Å². The average molecular weight is 442 g/mol. The van der Waals surface area contributed by atoms with Gasteiger partial charge in [-0.1, -0.05) is 0 Å². The van der Waals surface area contributed by atoms with Gasteiger partial charge in [0, 0.05) is 9.99 Å². The van der Waals surface area contributed by atoms with Crippen molar-refractivity contribution >= 4 is 51.8 Å². The number of carbonyl (C=O) groups excluding carboxylic acids is 3. The quantitative estimate of drug-likeness (QED) is 0.302. The summed E-state index contributed by atoms with van der Waals surface area (Å²) in [4.78, 5) is 49.0. The van der Waals surface area contributed by atoms with Gasteiger partial charge in [-0.15, -0.1) is 15.1 Å². The first kappa shape index (κ1) is 16.5. The molecule has 2 heterocycles. The zero-order chi connectivity index (χ0) is 17.5. The first-order valence-electron chi connectivity index (χ1n) is 6.85. The average Bonchev–Trinajstić information content (AvgIpc) is 3.06. The maximum absolute atomic E-state index is 12.9. The first-order chi connectivity index (χ1) is 11.4. The summed E-state index contributed by atoms with van der Waals surface area (Å²) in [6.07, 6.45) is -0.510. The number of rotatable bonds is 3. The van der Waals surface area contributed by atoms with E-state index >= 15 is 0 Å². The Morgan fingerprint density at radius 2 is 1.96 bits per heavy atom. The second-order valence-corrected chi connectivity index (χ2v) is 6.55. The summed E-state index contributed by atoms with van der Waals surface area (Å²) in [5.41, 5.74) is -1.34. The molecule has 1 saturated heterocycles. The summed E-state index contributed by atoms with van der Waals surface area (Å²) in [5.74, 6) is -1.90. The van der Waals surface area contributed by atoms with Gasteiger partial charge >= 0.3 is 5.97 Å². The van der Waals surface area contributed by atoms with E-state index in [9.17, 15) is 19.3 Å². The number of hydrogen-bond donors (Lipinski definition) is 0. The fraction of sp³-hybridized carbons (Fsp3) is 0.286. The van der Waals surface area contributed by atoms with E-state index in [2.05, 4.69) is 37.7 Å². The maximum atomic E-state index is 12.9. The molecular formula is C14H11IN4O5. The van der Waals surface area contributed by atoms with Gasteiger partial charge in [-0.2, -0.15) is 0 Å². The smallest absolute Gasteiger partial charge is 0.354 e. The molecule has 1 aromatic rings. The third-order valence-corrected chi connectivity index (χ3v) is 4.65. The summed E-state index contributed by atoms with van der Waals surface area (Å²) < 4.78 is 5.51. The van der Waals surface area contributed by atoms with Gasteiger partial charge in [0.2, 0.25) is 5.91 Å². The molecule has 1 fully saturated rings. The molecule has 9 nitrogen and oxygen atoms in total. The number of nitrogens with zero attached hydrogens (tertiary/aromatic N) is 4. The van der Waals surface area contributed by atoms with Crippen LogP contribution in [0.25, 0.3) is 0 Å². The SMILES string of the molecule is COC(=O)C1=NN(N=O)[C@]2(CC(=O)N(c3ccc(I)cc3)C2=O)C1. The number of halogens is 1. The fourth-order valence-electron chi connectivity index (χ4n) is 2.79. The molecule has 0 saturated carbocycles. The van der Waals surface area contributed by atoms with Crippen molar-refractivity contribution in [3.8, 4) is 0 Å². The lowest BCUT2D eigenvalue weighted by atomic mass is 9.92. The van der Waals surface area contributed by atoms with Crippen molar-refractivity contribution in [1.29, 1.82) is 0 Å². The highest BCUT2D eigenvalue weighted by Gasteiger charge is 2.61. The number of carbonyl (C=O) groups is 3. The number of ether oxygens (including phenoxy) is 1. The molecule has 1 spiro atoms. The van der Waals surface area contributed by atoms with Gasteiger partial charge in [0.1, 0.15) is 0 Å². The van der Waals surface area contributed by atoms with Crippen LogP contribution in [0.5, 0.6) is 0 Å². The van der Waals surface area contributed by atoms with E-state index in [0.717, 1.165) is 15.6 Å². The normalized spacial score (nSPS) is 23.0. The van der Waals surface area contributed by atoms with Crippen molar-refractivity contribution < 1.29 is 19.1 Å². The van der Waals surface area contributed by atoms with Gasteiger partial charge in [0.15, 0.2) is 11.3 Å². The van der Waals surface area contributed by atoms with Crippen molar-refractivity contribution in [3.63, 3.8) is 0 Å². The second kappa shape index (κ2) is 5.92. The monoisotopic (exact) mass is 442 g/mol. The third kappa shape index (κ3) is 2.37.